The van der Waals surface area contributed by atoms with Crippen LogP contribution >= 0.6 is 0 Å². The Kier molecular flexibility index (Phi) is 20.3. The molecular formula is C76H68. The minimum absolute atomic E-state index is 1.03. The summed E-state index contributed by atoms with van der Waals surface area (Å²) in [5.74, 6) is 0. The number of hydrogen-bond acceptors (Lipinski definition) is 0. The van der Waals surface area contributed by atoms with Crippen molar-refractivity contribution in [2.24, 2.45) is 0 Å². The summed E-state index contributed by atoms with van der Waals surface area (Å²) in [6.07, 6.45) is 3.50. The first-order valence-corrected chi connectivity index (χ1v) is 26.5. The fourth-order valence-corrected chi connectivity index (χ4v) is 9.22. The molecule has 76 heavy (non-hydrogen) atoms. The molecule has 1 aliphatic carbocycles. The molecule has 12 aromatic rings. The minimum Gasteiger partial charge on any atom is -0.0622 e. The highest BCUT2D eigenvalue weighted by Gasteiger charge is 2.12. The van der Waals surface area contributed by atoms with E-state index in [1.54, 1.807) is 0 Å². The Hall–Kier alpha value is -9.10. The van der Waals surface area contributed by atoms with Gasteiger partial charge in [-0.1, -0.05) is 333 Å². The van der Waals surface area contributed by atoms with Crippen LogP contribution in [-0.4, -0.2) is 0 Å². The molecule has 0 heteroatoms. The average molecular weight is 981 g/mol. The van der Waals surface area contributed by atoms with Gasteiger partial charge in [-0.3, -0.25) is 0 Å². The van der Waals surface area contributed by atoms with Crippen LogP contribution in [0.3, 0.4) is 0 Å². The Labute approximate surface area is 453 Å². The summed E-state index contributed by atoms with van der Waals surface area (Å²) in [6, 6.07) is 112. The van der Waals surface area contributed by atoms with Crippen molar-refractivity contribution in [2.75, 3.05) is 0 Å². The van der Waals surface area contributed by atoms with Crippen LogP contribution in [0.4, 0.5) is 0 Å². The predicted octanol–water partition coefficient (Wildman–Crippen LogP) is 20.6. The predicted molar refractivity (Wildman–Crippen MR) is 329 cm³/mol. The summed E-state index contributed by atoms with van der Waals surface area (Å²) in [4.78, 5) is 0. The van der Waals surface area contributed by atoms with E-state index in [1.165, 1.54) is 107 Å². The van der Waals surface area contributed by atoms with Crippen LogP contribution in [0.15, 0.2) is 322 Å². The van der Waals surface area contributed by atoms with Gasteiger partial charge in [-0.25, -0.2) is 0 Å². The van der Waals surface area contributed by atoms with Crippen LogP contribution in [0.1, 0.15) is 38.9 Å². The SMILES string of the molecule is Cc1ccc(-c2ccccc2)cc1.Cc1cccc(-c2ccccc2)c1.Cc1ccccc1-c1ccccc1.c1cc2c3c(cccc3c1)CC2.c1ccc(-c2ccccc2)cc1.c1ccc(Cc2ccccc2)cc1. The maximum absolute atomic E-state index is 2.25. The van der Waals surface area contributed by atoms with Crippen molar-refractivity contribution < 1.29 is 0 Å². The van der Waals surface area contributed by atoms with Crippen molar-refractivity contribution >= 4 is 10.8 Å². The number of aryl methyl sites for hydroxylation is 5. The van der Waals surface area contributed by atoms with Crippen LogP contribution in [0.5, 0.6) is 0 Å². The van der Waals surface area contributed by atoms with Crippen molar-refractivity contribution in [3.8, 4) is 44.5 Å². The number of hydrogen-bond donors (Lipinski definition) is 0. The van der Waals surface area contributed by atoms with E-state index in [9.17, 15) is 0 Å². The number of rotatable bonds is 6. The Morgan fingerprint density at radius 3 is 1.01 bits per heavy atom. The van der Waals surface area contributed by atoms with Gasteiger partial charge in [0, 0.05) is 0 Å². The van der Waals surface area contributed by atoms with Gasteiger partial charge in [0.1, 0.15) is 0 Å². The quantitative estimate of drug-likeness (QED) is 0.156. The van der Waals surface area contributed by atoms with Crippen molar-refractivity contribution in [3.63, 3.8) is 0 Å². The van der Waals surface area contributed by atoms with E-state index < -0.39 is 0 Å². The molecular weight excluding hydrogens is 913 g/mol. The van der Waals surface area contributed by atoms with E-state index in [0.29, 0.717) is 0 Å². The average Bonchev–Trinajstić information content (AvgIpc) is 3.93. The lowest BCUT2D eigenvalue weighted by molar-refractivity contribution is 1.02. The van der Waals surface area contributed by atoms with E-state index in [-0.39, 0.29) is 0 Å². The van der Waals surface area contributed by atoms with Gasteiger partial charge in [0.2, 0.25) is 0 Å². The van der Waals surface area contributed by atoms with Crippen LogP contribution in [-0.2, 0) is 19.3 Å². The molecule has 0 atom stereocenters. The lowest BCUT2D eigenvalue weighted by Crippen LogP contribution is -1.85. The van der Waals surface area contributed by atoms with Crippen molar-refractivity contribution in [1.82, 2.24) is 0 Å². The maximum atomic E-state index is 2.25. The normalized spacial score (nSPS) is 10.5. The summed E-state index contributed by atoms with van der Waals surface area (Å²) < 4.78 is 0. The second kappa shape index (κ2) is 29.0. The van der Waals surface area contributed by atoms with Gasteiger partial charge in [0.05, 0.1) is 0 Å². The zero-order valence-corrected chi connectivity index (χ0v) is 44.2. The van der Waals surface area contributed by atoms with Crippen LogP contribution in [0.25, 0.3) is 55.3 Å². The van der Waals surface area contributed by atoms with E-state index in [4.69, 9.17) is 0 Å². The molecule has 0 aromatic heterocycles. The standard InChI is InChI=1S/4C13H12.2C12H10/c1-11-7-5-6-10-13(11)12-8-3-2-4-9-12;1-11-6-5-9-13(10-11)12-7-3-2-4-8-12;1-11-7-9-13(10-8-11)12-5-3-2-4-6-12;1-3-7-12(8-4-1)11-13-9-5-2-6-10-13;1-3-9-4-2-6-11-8-7-10(5-1)12(9)11;1-3-7-11(8-4-1)12-9-5-2-6-10-12/h3*2-10H,1H3;1-10H,11H2;1-6H,7-8H2;1-10H. The molecule has 0 heterocycles. The molecule has 0 fully saturated rings. The molecule has 0 unspecified atom stereocenters. The zero-order valence-electron chi connectivity index (χ0n) is 44.2. The molecule has 13 rings (SSSR count). The first-order valence-electron chi connectivity index (χ1n) is 26.5. The third-order valence-corrected chi connectivity index (χ3v) is 13.2. The molecule has 1 aliphatic rings. The highest BCUT2D eigenvalue weighted by molar-refractivity contribution is 5.90. The summed E-state index contributed by atoms with van der Waals surface area (Å²) >= 11 is 0. The molecule has 0 bridgehead atoms. The van der Waals surface area contributed by atoms with Gasteiger partial charge in [-0.2, -0.15) is 0 Å². The third kappa shape index (κ3) is 16.5. The lowest BCUT2D eigenvalue weighted by atomic mass is 10.0. The molecule has 372 valence electrons. The molecule has 0 N–H and O–H groups in total. The molecule has 0 spiro atoms. The topological polar surface area (TPSA) is 0 Å². The molecule has 0 radical (unpaired) electrons. The third-order valence-electron chi connectivity index (χ3n) is 13.2. The van der Waals surface area contributed by atoms with Gasteiger partial charge >= 0.3 is 0 Å². The van der Waals surface area contributed by atoms with Crippen LogP contribution in [0, 0.1) is 20.8 Å². The fraction of sp³-hybridized carbons (Fsp3) is 0.0789. The van der Waals surface area contributed by atoms with Crippen molar-refractivity contribution in [2.45, 2.75) is 40.0 Å². The highest BCUT2D eigenvalue weighted by atomic mass is 14.2. The maximum Gasteiger partial charge on any atom is -0.00258 e. The summed E-state index contributed by atoms with van der Waals surface area (Å²) in [5, 5.41) is 2.92. The number of benzene rings is 12. The smallest absolute Gasteiger partial charge is 0.00258 e. The molecule has 0 saturated heterocycles. The first kappa shape index (κ1) is 53.2. The first-order chi connectivity index (χ1) is 37.5. The lowest BCUT2D eigenvalue weighted by Gasteiger charge is -2.04. The molecule has 12 aromatic carbocycles. The largest absolute Gasteiger partial charge is 0.0622 e. The van der Waals surface area contributed by atoms with Crippen LogP contribution < -0.4 is 0 Å². The van der Waals surface area contributed by atoms with Gasteiger partial charge in [0.25, 0.3) is 0 Å². The fourth-order valence-electron chi connectivity index (χ4n) is 9.22. The second-order valence-electron chi connectivity index (χ2n) is 19.0. The second-order valence-corrected chi connectivity index (χ2v) is 19.0. The van der Waals surface area contributed by atoms with Gasteiger partial charge in [0.15, 0.2) is 0 Å². The molecule has 0 amide bonds. The van der Waals surface area contributed by atoms with E-state index in [2.05, 4.69) is 312 Å². The zero-order chi connectivity index (χ0) is 52.4. The Balaban J connectivity index is 0.000000121. The van der Waals surface area contributed by atoms with E-state index in [0.717, 1.165) is 6.42 Å². The molecule has 0 aliphatic heterocycles. The van der Waals surface area contributed by atoms with Crippen molar-refractivity contribution in [1.29, 1.82) is 0 Å². The van der Waals surface area contributed by atoms with Crippen LogP contribution in [0.2, 0.25) is 0 Å². The Bertz CT molecular complexity index is 3400. The summed E-state index contributed by atoms with van der Waals surface area (Å²) in [5.41, 5.74) is 20.0. The minimum atomic E-state index is 1.03. The molecule has 0 saturated carbocycles. The van der Waals surface area contributed by atoms with Gasteiger partial charge in [-0.05, 0) is 123 Å². The molecule has 0 nitrogen and oxygen atoms in total. The van der Waals surface area contributed by atoms with Gasteiger partial charge in [-0.15, -0.1) is 0 Å². The highest BCUT2D eigenvalue weighted by Crippen LogP contribution is 2.30. The summed E-state index contributed by atoms with van der Waals surface area (Å²) in [6.45, 7) is 6.36. The monoisotopic (exact) mass is 981 g/mol. The summed E-state index contributed by atoms with van der Waals surface area (Å²) in [7, 11) is 0. The van der Waals surface area contributed by atoms with Gasteiger partial charge < -0.3 is 0 Å². The Morgan fingerprint density at radius 2 is 0.592 bits per heavy atom. The van der Waals surface area contributed by atoms with E-state index in [1.807, 2.05) is 30.3 Å². The van der Waals surface area contributed by atoms with Crippen molar-refractivity contribution in [3.05, 3.63) is 360 Å². The van der Waals surface area contributed by atoms with E-state index >= 15 is 0 Å². The Morgan fingerprint density at radius 1 is 0.250 bits per heavy atom.